The summed E-state index contributed by atoms with van der Waals surface area (Å²) >= 11 is 0. The topological polar surface area (TPSA) is 178 Å². The summed E-state index contributed by atoms with van der Waals surface area (Å²) in [6.45, 7) is 16.6. The highest BCUT2D eigenvalue weighted by atomic mass is 16.6. The first-order valence-electron chi connectivity index (χ1n) is 17.1. The van der Waals surface area contributed by atoms with Gasteiger partial charge in [0, 0.05) is 76.4 Å². The zero-order valence-electron chi connectivity index (χ0n) is 31.1. The molecule has 13 heteroatoms. The van der Waals surface area contributed by atoms with Crippen LogP contribution >= 0.6 is 0 Å². The second-order valence-corrected chi connectivity index (χ2v) is 14.5. The molecule has 1 aromatic rings. The molecule has 0 radical (unpaired) electrons. The van der Waals surface area contributed by atoms with Crippen LogP contribution in [0.15, 0.2) is 59.9 Å². The van der Waals surface area contributed by atoms with Crippen molar-refractivity contribution in [2.24, 2.45) is 22.7 Å². The van der Waals surface area contributed by atoms with Gasteiger partial charge in [-0.2, -0.15) is 0 Å². The Morgan fingerprint density at radius 2 is 1.35 bits per heavy atom. The van der Waals surface area contributed by atoms with Crippen LogP contribution in [0.25, 0.3) is 6.08 Å². The van der Waals surface area contributed by atoms with E-state index in [1.54, 1.807) is 39.0 Å². The van der Waals surface area contributed by atoms with Crippen molar-refractivity contribution in [1.29, 1.82) is 0 Å². The van der Waals surface area contributed by atoms with Crippen LogP contribution in [0.1, 0.15) is 80.7 Å². The Hall–Kier alpha value is -4.78. The van der Waals surface area contributed by atoms with Gasteiger partial charge in [-0.3, -0.25) is 24.0 Å². The third-order valence-electron chi connectivity index (χ3n) is 10.9. The molecule has 0 unspecified atom stereocenters. The molecule has 2 bridgehead atoms. The summed E-state index contributed by atoms with van der Waals surface area (Å²) in [5.74, 6) is -6.63. The monoisotopic (exact) mass is 724 g/mol. The van der Waals surface area contributed by atoms with E-state index in [0.29, 0.717) is 0 Å². The Bertz CT molecular complexity index is 1690. The van der Waals surface area contributed by atoms with Crippen molar-refractivity contribution in [2.75, 3.05) is 0 Å². The number of rotatable bonds is 8. The van der Waals surface area contributed by atoms with Gasteiger partial charge < -0.3 is 33.5 Å². The maximum absolute atomic E-state index is 13.3. The van der Waals surface area contributed by atoms with Gasteiger partial charge in [0.05, 0.1) is 5.41 Å². The van der Waals surface area contributed by atoms with E-state index in [-0.39, 0.29) is 29.7 Å². The highest BCUT2D eigenvalue weighted by Crippen LogP contribution is 2.64. The zero-order valence-corrected chi connectivity index (χ0v) is 31.1. The molecule has 0 aromatic heterocycles. The number of ether oxygens (including phenoxy) is 6. The quantitative estimate of drug-likeness (QED) is 0.171. The summed E-state index contributed by atoms with van der Waals surface area (Å²) in [6, 6.07) is 9.04. The molecular formula is C39H48O13. The van der Waals surface area contributed by atoms with Crippen molar-refractivity contribution < 1.29 is 62.3 Å². The van der Waals surface area contributed by atoms with Crippen LogP contribution in [0, 0.1) is 22.7 Å². The van der Waals surface area contributed by atoms with E-state index < -0.39 is 94.6 Å². The van der Waals surface area contributed by atoms with Crippen molar-refractivity contribution in [1.82, 2.24) is 0 Å². The van der Waals surface area contributed by atoms with Crippen molar-refractivity contribution in [2.45, 2.75) is 111 Å². The summed E-state index contributed by atoms with van der Waals surface area (Å²) in [5, 5.41) is 13.1. The molecule has 2 fully saturated rings. The predicted molar refractivity (Wildman–Crippen MR) is 184 cm³/mol. The van der Waals surface area contributed by atoms with Crippen LogP contribution < -0.4 is 0 Å². The van der Waals surface area contributed by atoms with Crippen LogP contribution in [-0.4, -0.2) is 77.0 Å². The SMILES string of the molecule is C=C1[C@@H](OC(=O)C=Cc2ccccc2)C[C@H](OC(C)=O)[C@@]2(C)[C@@H](OC(C)=O)[C@H](OC(C)=O)[C@@]3(O)C(C)=C(OC(C)=O)C[C@@H]([C@@H](OC(C)=O)[C@H]12)C3(C)C. The minimum absolute atomic E-state index is 0.0331. The fourth-order valence-electron chi connectivity index (χ4n) is 8.53. The second-order valence-electron chi connectivity index (χ2n) is 14.5. The first kappa shape index (κ1) is 40.0. The zero-order chi connectivity index (χ0) is 38.9. The molecule has 282 valence electrons. The summed E-state index contributed by atoms with van der Waals surface area (Å²) in [5.41, 5.74) is -4.22. The molecule has 13 nitrogen and oxygen atoms in total. The normalized spacial score (nSPS) is 32.3. The maximum Gasteiger partial charge on any atom is 0.331 e. The number of carbonyl (C=O) groups excluding carboxylic acids is 6. The number of aliphatic hydroxyl groups is 1. The van der Waals surface area contributed by atoms with Crippen molar-refractivity contribution in [3.05, 3.63) is 65.5 Å². The van der Waals surface area contributed by atoms with E-state index in [2.05, 4.69) is 6.58 Å². The van der Waals surface area contributed by atoms with E-state index in [4.69, 9.17) is 28.4 Å². The summed E-state index contributed by atoms with van der Waals surface area (Å²) in [4.78, 5) is 77.5. The Morgan fingerprint density at radius 1 is 0.788 bits per heavy atom. The van der Waals surface area contributed by atoms with Gasteiger partial charge in [0.25, 0.3) is 0 Å². The number of hydrogen-bond acceptors (Lipinski definition) is 13. The summed E-state index contributed by atoms with van der Waals surface area (Å²) < 4.78 is 35.7. The number of fused-ring (bicyclic) bond motifs is 3. The van der Waals surface area contributed by atoms with E-state index in [0.717, 1.165) is 19.4 Å². The van der Waals surface area contributed by atoms with Crippen LogP contribution in [0.5, 0.6) is 0 Å². The Balaban J connectivity index is 2.05. The Labute approximate surface area is 303 Å². The van der Waals surface area contributed by atoms with Gasteiger partial charge in [0.1, 0.15) is 29.7 Å². The Morgan fingerprint density at radius 3 is 1.88 bits per heavy atom. The van der Waals surface area contributed by atoms with Crippen LogP contribution in [0.4, 0.5) is 0 Å². The summed E-state index contributed by atoms with van der Waals surface area (Å²) in [6.07, 6.45) is -4.41. The fraction of sp³-hybridized carbons (Fsp3) is 0.538. The predicted octanol–water partition coefficient (Wildman–Crippen LogP) is 4.55. The van der Waals surface area contributed by atoms with Gasteiger partial charge in [-0.05, 0) is 24.1 Å². The number of benzene rings is 1. The molecule has 1 aromatic carbocycles. The molecule has 9 atom stereocenters. The molecule has 3 aliphatic rings. The molecular weight excluding hydrogens is 676 g/mol. The van der Waals surface area contributed by atoms with E-state index in [1.807, 2.05) is 18.2 Å². The standard InChI is InChI=1S/C39H48O13/c1-20-29(52-32(45)17-16-27-14-12-11-13-15-27)19-31(48-23(4)41)38(10)33(20)34(49-24(5)42)28-18-30(47-22(3)40)21(2)39(46,37(28,8)9)36(51-26(7)44)35(38)50-25(6)43/h11-17,28-29,31,33-36,46H,1,18-19H2,2-10H3/t28-,29-,31-,33-,34+,35-,36-,38+,39-/m0/s1. The van der Waals surface area contributed by atoms with Crippen molar-refractivity contribution in [3.63, 3.8) is 0 Å². The highest BCUT2D eigenvalue weighted by Gasteiger charge is 2.73. The molecule has 52 heavy (non-hydrogen) atoms. The fourth-order valence-corrected chi connectivity index (χ4v) is 8.53. The van der Waals surface area contributed by atoms with Crippen molar-refractivity contribution in [3.8, 4) is 0 Å². The third-order valence-corrected chi connectivity index (χ3v) is 10.9. The van der Waals surface area contributed by atoms with Gasteiger partial charge in [-0.15, -0.1) is 0 Å². The molecule has 0 spiro atoms. The average Bonchev–Trinajstić information content (AvgIpc) is 3.03. The minimum atomic E-state index is -2.24. The maximum atomic E-state index is 13.3. The first-order chi connectivity index (χ1) is 24.2. The number of hydrogen-bond donors (Lipinski definition) is 1. The number of allylic oxidation sites excluding steroid dienone is 1. The molecule has 0 amide bonds. The van der Waals surface area contributed by atoms with E-state index in [9.17, 15) is 33.9 Å². The van der Waals surface area contributed by atoms with Gasteiger partial charge in [0.2, 0.25) is 0 Å². The van der Waals surface area contributed by atoms with Gasteiger partial charge in [-0.25, -0.2) is 4.79 Å². The Kier molecular flexibility index (Phi) is 11.6. The lowest BCUT2D eigenvalue weighted by Crippen LogP contribution is -2.75. The van der Waals surface area contributed by atoms with Gasteiger partial charge in [-0.1, -0.05) is 57.7 Å². The lowest BCUT2D eigenvalue weighted by Gasteiger charge is -2.64. The smallest absolute Gasteiger partial charge is 0.331 e. The molecule has 4 rings (SSSR count). The number of esters is 6. The average molecular weight is 725 g/mol. The van der Waals surface area contributed by atoms with E-state index in [1.165, 1.54) is 33.8 Å². The molecule has 1 N–H and O–H groups in total. The second kappa shape index (κ2) is 15.1. The number of carbonyl (C=O) groups is 6. The third kappa shape index (κ3) is 7.41. The van der Waals surface area contributed by atoms with Crippen molar-refractivity contribution >= 4 is 41.9 Å². The molecule has 0 saturated heterocycles. The summed E-state index contributed by atoms with van der Waals surface area (Å²) in [7, 11) is 0. The lowest BCUT2D eigenvalue weighted by molar-refractivity contribution is -0.277. The minimum Gasteiger partial charge on any atom is -0.462 e. The van der Waals surface area contributed by atoms with Crippen LogP contribution in [0.3, 0.4) is 0 Å². The van der Waals surface area contributed by atoms with Crippen LogP contribution in [-0.2, 0) is 57.2 Å². The van der Waals surface area contributed by atoms with Gasteiger partial charge >= 0.3 is 35.8 Å². The highest BCUT2D eigenvalue weighted by molar-refractivity contribution is 5.87. The van der Waals surface area contributed by atoms with Gasteiger partial charge in [0.15, 0.2) is 12.2 Å². The lowest BCUT2D eigenvalue weighted by atomic mass is 9.45. The first-order valence-corrected chi connectivity index (χ1v) is 17.1. The largest absolute Gasteiger partial charge is 0.462 e. The molecule has 0 aliphatic heterocycles. The van der Waals surface area contributed by atoms with E-state index >= 15 is 0 Å². The molecule has 3 aliphatic carbocycles. The molecule has 2 saturated carbocycles. The molecule has 0 heterocycles. The van der Waals surface area contributed by atoms with Crippen LogP contribution in [0.2, 0.25) is 0 Å².